The Hall–Kier alpha value is -1.22. The van der Waals surface area contributed by atoms with E-state index in [0.29, 0.717) is 23.8 Å². The molecular formula is C13H18ClNO2. The van der Waals surface area contributed by atoms with Crippen LogP contribution in [0.15, 0.2) is 18.2 Å². The van der Waals surface area contributed by atoms with Gasteiger partial charge in [-0.25, -0.2) is 4.79 Å². The molecule has 0 bridgehead atoms. The van der Waals surface area contributed by atoms with Crippen LogP contribution in [0.5, 0.6) is 0 Å². The Bertz CT molecular complexity index is 393. The van der Waals surface area contributed by atoms with Crippen LogP contribution >= 0.6 is 11.6 Å². The van der Waals surface area contributed by atoms with E-state index in [0.717, 1.165) is 12.8 Å². The predicted octanol–water partition coefficient (Wildman–Crippen LogP) is 3.52. The first-order chi connectivity index (χ1) is 8.06. The average molecular weight is 256 g/mol. The summed E-state index contributed by atoms with van der Waals surface area (Å²) < 4.78 is 5.20. The third kappa shape index (κ3) is 3.93. The number of carbonyl (C=O) groups is 1. The Morgan fingerprint density at radius 1 is 1.53 bits per heavy atom. The van der Waals surface area contributed by atoms with Crippen molar-refractivity contribution in [2.24, 2.45) is 5.92 Å². The number of ether oxygens (including phenoxy) is 1. The molecule has 0 radical (unpaired) electrons. The third-order valence-corrected chi connectivity index (χ3v) is 2.95. The molecule has 0 fully saturated rings. The molecule has 3 nitrogen and oxygen atoms in total. The Labute approximate surface area is 107 Å². The van der Waals surface area contributed by atoms with Gasteiger partial charge < -0.3 is 10.5 Å². The van der Waals surface area contributed by atoms with Crippen LogP contribution in [-0.4, -0.2) is 12.6 Å². The zero-order valence-corrected chi connectivity index (χ0v) is 11.0. The monoisotopic (exact) mass is 255 g/mol. The van der Waals surface area contributed by atoms with Gasteiger partial charge in [0.2, 0.25) is 0 Å². The van der Waals surface area contributed by atoms with E-state index in [9.17, 15) is 4.79 Å². The number of esters is 1. The summed E-state index contributed by atoms with van der Waals surface area (Å²) in [6.45, 7) is 4.57. The summed E-state index contributed by atoms with van der Waals surface area (Å²) in [5, 5.41) is 0.264. The molecule has 1 aromatic rings. The number of hydrogen-bond acceptors (Lipinski definition) is 3. The van der Waals surface area contributed by atoms with E-state index >= 15 is 0 Å². The van der Waals surface area contributed by atoms with Crippen molar-refractivity contribution in [1.29, 1.82) is 0 Å². The largest absolute Gasteiger partial charge is 0.462 e. The summed E-state index contributed by atoms with van der Waals surface area (Å²) in [6.07, 6.45) is 2.12. The molecule has 0 amide bonds. The summed E-state index contributed by atoms with van der Waals surface area (Å²) in [5.41, 5.74) is 6.34. The van der Waals surface area contributed by atoms with Crippen molar-refractivity contribution < 1.29 is 9.53 Å². The van der Waals surface area contributed by atoms with Crippen molar-refractivity contribution in [3.63, 3.8) is 0 Å². The number of anilines is 1. The highest BCUT2D eigenvalue weighted by atomic mass is 35.5. The summed E-state index contributed by atoms with van der Waals surface area (Å²) in [4.78, 5) is 11.8. The van der Waals surface area contributed by atoms with E-state index in [1.165, 1.54) is 0 Å². The van der Waals surface area contributed by atoms with Gasteiger partial charge in [-0.15, -0.1) is 0 Å². The quantitative estimate of drug-likeness (QED) is 0.647. The Morgan fingerprint density at radius 3 is 2.88 bits per heavy atom. The summed E-state index contributed by atoms with van der Waals surface area (Å²) in [5.74, 6) is -0.0472. The number of carbonyl (C=O) groups excluding carboxylic acids is 1. The van der Waals surface area contributed by atoms with Crippen LogP contribution in [0.2, 0.25) is 5.02 Å². The fourth-order valence-electron chi connectivity index (χ4n) is 1.58. The van der Waals surface area contributed by atoms with Crippen molar-refractivity contribution in [3.8, 4) is 0 Å². The van der Waals surface area contributed by atoms with Gasteiger partial charge in [-0.05, 0) is 24.5 Å². The molecule has 0 spiro atoms. The highest BCUT2D eigenvalue weighted by molar-refractivity contribution is 6.36. The topological polar surface area (TPSA) is 52.3 Å². The maximum atomic E-state index is 11.8. The molecule has 1 rings (SSSR count). The minimum atomic E-state index is -0.412. The molecule has 17 heavy (non-hydrogen) atoms. The minimum Gasteiger partial charge on any atom is -0.462 e. The van der Waals surface area contributed by atoms with Crippen LogP contribution in [0, 0.1) is 5.92 Å². The Balaban J connectivity index is 2.61. The highest BCUT2D eigenvalue weighted by Crippen LogP contribution is 2.23. The summed E-state index contributed by atoms with van der Waals surface area (Å²) >= 11 is 5.94. The van der Waals surface area contributed by atoms with Gasteiger partial charge in [-0.1, -0.05) is 37.9 Å². The molecule has 0 saturated carbocycles. The second-order valence-electron chi connectivity index (χ2n) is 4.20. The van der Waals surface area contributed by atoms with Gasteiger partial charge in [0.05, 0.1) is 22.9 Å². The molecule has 1 atom stereocenters. The Kier molecular flexibility index (Phi) is 5.29. The number of nitrogen functional groups attached to an aromatic ring is 1. The van der Waals surface area contributed by atoms with Crippen molar-refractivity contribution in [2.45, 2.75) is 26.7 Å². The average Bonchev–Trinajstić information content (AvgIpc) is 2.30. The van der Waals surface area contributed by atoms with Crippen LogP contribution < -0.4 is 5.73 Å². The lowest BCUT2D eigenvalue weighted by atomic mass is 10.1. The van der Waals surface area contributed by atoms with E-state index in [1.807, 2.05) is 0 Å². The van der Waals surface area contributed by atoms with Crippen LogP contribution in [-0.2, 0) is 4.74 Å². The number of nitrogens with two attached hydrogens (primary N) is 1. The SMILES string of the molecule is CCCC(C)COC(=O)c1cccc(N)c1Cl. The molecule has 0 aliphatic heterocycles. The van der Waals surface area contributed by atoms with E-state index in [1.54, 1.807) is 18.2 Å². The van der Waals surface area contributed by atoms with Gasteiger partial charge in [0.25, 0.3) is 0 Å². The van der Waals surface area contributed by atoms with E-state index in [2.05, 4.69) is 13.8 Å². The third-order valence-electron chi connectivity index (χ3n) is 2.53. The van der Waals surface area contributed by atoms with Gasteiger partial charge in [0, 0.05) is 0 Å². The number of rotatable bonds is 5. The first-order valence-corrected chi connectivity index (χ1v) is 6.15. The first kappa shape index (κ1) is 13.8. The van der Waals surface area contributed by atoms with Crippen LogP contribution in [0.1, 0.15) is 37.0 Å². The molecule has 0 aliphatic carbocycles. The predicted molar refractivity (Wildman–Crippen MR) is 70.2 cm³/mol. The van der Waals surface area contributed by atoms with E-state index in [4.69, 9.17) is 22.1 Å². The lowest BCUT2D eigenvalue weighted by Crippen LogP contribution is -2.12. The van der Waals surface area contributed by atoms with Crippen LogP contribution in [0.4, 0.5) is 5.69 Å². The molecule has 2 N–H and O–H groups in total. The van der Waals surface area contributed by atoms with Crippen LogP contribution in [0.3, 0.4) is 0 Å². The molecule has 0 saturated heterocycles. The zero-order chi connectivity index (χ0) is 12.8. The standard InChI is InChI=1S/C13H18ClNO2/c1-3-5-9(2)8-17-13(16)10-6-4-7-11(15)12(10)14/h4,6-7,9H,3,5,8,15H2,1-2H3. The fourth-order valence-corrected chi connectivity index (χ4v) is 1.78. The molecular weight excluding hydrogens is 238 g/mol. The Morgan fingerprint density at radius 2 is 2.24 bits per heavy atom. The smallest absolute Gasteiger partial charge is 0.339 e. The normalized spacial score (nSPS) is 12.2. The van der Waals surface area contributed by atoms with Crippen molar-refractivity contribution in [2.75, 3.05) is 12.3 Å². The van der Waals surface area contributed by atoms with Crippen LogP contribution in [0.25, 0.3) is 0 Å². The lowest BCUT2D eigenvalue weighted by Gasteiger charge is -2.11. The molecule has 1 unspecified atom stereocenters. The van der Waals surface area contributed by atoms with Crippen molar-refractivity contribution in [1.82, 2.24) is 0 Å². The summed E-state index contributed by atoms with van der Waals surface area (Å²) in [7, 11) is 0. The van der Waals surface area contributed by atoms with Crippen molar-refractivity contribution >= 4 is 23.3 Å². The van der Waals surface area contributed by atoms with E-state index in [-0.39, 0.29) is 5.02 Å². The number of halogens is 1. The molecule has 0 heterocycles. The van der Waals surface area contributed by atoms with Gasteiger partial charge in [-0.2, -0.15) is 0 Å². The molecule has 1 aromatic carbocycles. The first-order valence-electron chi connectivity index (χ1n) is 5.77. The molecule has 0 aliphatic rings. The fraction of sp³-hybridized carbons (Fsp3) is 0.462. The van der Waals surface area contributed by atoms with Gasteiger partial charge in [0.1, 0.15) is 0 Å². The van der Waals surface area contributed by atoms with E-state index < -0.39 is 5.97 Å². The summed E-state index contributed by atoms with van der Waals surface area (Å²) in [6, 6.07) is 4.96. The maximum Gasteiger partial charge on any atom is 0.339 e. The maximum absolute atomic E-state index is 11.8. The van der Waals surface area contributed by atoms with Crippen molar-refractivity contribution in [3.05, 3.63) is 28.8 Å². The van der Waals surface area contributed by atoms with Gasteiger partial charge >= 0.3 is 5.97 Å². The number of benzene rings is 1. The lowest BCUT2D eigenvalue weighted by molar-refractivity contribution is 0.0444. The molecule has 0 aromatic heterocycles. The molecule has 94 valence electrons. The molecule has 4 heteroatoms. The second-order valence-corrected chi connectivity index (χ2v) is 4.58. The zero-order valence-electron chi connectivity index (χ0n) is 10.2. The van der Waals surface area contributed by atoms with Gasteiger partial charge in [-0.3, -0.25) is 0 Å². The second kappa shape index (κ2) is 6.50. The highest BCUT2D eigenvalue weighted by Gasteiger charge is 2.14. The van der Waals surface area contributed by atoms with Gasteiger partial charge in [0.15, 0.2) is 0 Å². The number of hydrogen-bond donors (Lipinski definition) is 1. The minimum absolute atomic E-state index is 0.264.